The third-order valence-electron chi connectivity index (χ3n) is 2.95. The number of allylic oxidation sites excluding steroid dienone is 2. The highest BCUT2D eigenvalue weighted by Gasteiger charge is 2.35. The van der Waals surface area contributed by atoms with Gasteiger partial charge in [-0.3, -0.25) is 9.78 Å². The predicted octanol–water partition coefficient (Wildman–Crippen LogP) is 3.78. The lowest BCUT2D eigenvalue weighted by molar-refractivity contribution is -0.137. The first kappa shape index (κ1) is 12.8. The molecule has 0 unspecified atom stereocenters. The summed E-state index contributed by atoms with van der Waals surface area (Å²) in [7, 11) is 0. The van der Waals surface area contributed by atoms with Crippen molar-refractivity contribution in [1.82, 2.24) is 4.98 Å². The van der Waals surface area contributed by atoms with E-state index in [0.29, 0.717) is 12.0 Å². The molecule has 0 bridgehead atoms. The molecular weight excluding hydrogens is 243 g/mol. The van der Waals surface area contributed by atoms with Crippen LogP contribution < -0.4 is 0 Å². The lowest BCUT2D eigenvalue weighted by Gasteiger charge is -2.15. The van der Waals surface area contributed by atoms with Crippen molar-refractivity contribution in [2.45, 2.75) is 31.9 Å². The zero-order valence-corrected chi connectivity index (χ0v) is 9.63. The molecule has 0 amide bonds. The highest BCUT2D eigenvalue weighted by molar-refractivity contribution is 6.09. The van der Waals surface area contributed by atoms with E-state index in [0.717, 1.165) is 37.7 Å². The van der Waals surface area contributed by atoms with Crippen molar-refractivity contribution in [1.29, 1.82) is 0 Å². The largest absolute Gasteiger partial charge is 0.417 e. The second-order valence-electron chi connectivity index (χ2n) is 4.22. The number of nitrogens with zero attached hydrogens (tertiary/aromatic N) is 1. The third kappa shape index (κ3) is 2.60. The number of carbonyl (C=O) groups is 1. The maximum absolute atomic E-state index is 12.8. The Kier molecular flexibility index (Phi) is 3.50. The molecule has 0 atom stereocenters. The Morgan fingerprint density at radius 1 is 1.28 bits per heavy atom. The fourth-order valence-corrected chi connectivity index (χ4v) is 2.04. The van der Waals surface area contributed by atoms with Crippen LogP contribution >= 0.6 is 0 Å². The summed E-state index contributed by atoms with van der Waals surface area (Å²) in [6.07, 6.45) is 2.39. The first-order valence-corrected chi connectivity index (χ1v) is 5.75. The summed E-state index contributed by atoms with van der Waals surface area (Å²) >= 11 is 0. The molecule has 0 aliphatic heterocycles. The second-order valence-corrected chi connectivity index (χ2v) is 4.22. The Balaban J connectivity index is 2.39. The number of rotatable bonds is 2. The van der Waals surface area contributed by atoms with Gasteiger partial charge in [0.25, 0.3) is 0 Å². The number of hydrogen-bond acceptors (Lipinski definition) is 2. The minimum absolute atomic E-state index is 0.349. The van der Waals surface area contributed by atoms with E-state index in [1.807, 2.05) is 0 Å². The van der Waals surface area contributed by atoms with Gasteiger partial charge >= 0.3 is 6.18 Å². The normalized spacial score (nSPS) is 16.3. The number of Topliss-reactive ketones (excluding diaryl/α,β-unsaturated/α-hetero) is 1. The van der Waals surface area contributed by atoms with E-state index in [4.69, 9.17) is 0 Å². The molecule has 0 aromatic carbocycles. The summed E-state index contributed by atoms with van der Waals surface area (Å²) < 4.78 is 38.3. The number of halogens is 3. The minimum atomic E-state index is -4.52. The van der Waals surface area contributed by atoms with Crippen LogP contribution in [0.4, 0.5) is 13.2 Å². The van der Waals surface area contributed by atoms with Gasteiger partial charge in [-0.05, 0) is 37.3 Å². The van der Waals surface area contributed by atoms with Crippen molar-refractivity contribution in [2.75, 3.05) is 0 Å². The number of pyridine rings is 1. The predicted molar refractivity (Wildman–Crippen MR) is 60.1 cm³/mol. The first-order valence-electron chi connectivity index (χ1n) is 5.75. The summed E-state index contributed by atoms with van der Waals surface area (Å²) in [6, 6.07) is 0.844. The van der Waals surface area contributed by atoms with Gasteiger partial charge in [0.05, 0.1) is 11.1 Å². The molecule has 1 aromatic rings. The van der Waals surface area contributed by atoms with Crippen LogP contribution in [-0.4, -0.2) is 10.8 Å². The number of hydrogen-bond donors (Lipinski definition) is 0. The molecule has 2 nitrogen and oxygen atoms in total. The number of aromatic nitrogens is 1. The van der Waals surface area contributed by atoms with E-state index >= 15 is 0 Å². The maximum atomic E-state index is 12.8. The Morgan fingerprint density at radius 2 is 2.06 bits per heavy atom. The average Bonchev–Trinajstić information content (AvgIpc) is 2.38. The van der Waals surface area contributed by atoms with Gasteiger partial charge in [-0.25, -0.2) is 0 Å². The van der Waals surface area contributed by atoms with Gasteiger partial charge in [-0.15, -0.1) is 0 Å². The lowest BCUT2D eigenvalue weighted by atomic mass is 9.92. The topological polar surface area (TPSA) is 30.0 Å². The van der Waals surface area contributed by atoms with E-state index in [-0.39, 0.29) is 5.56 Å². The van der Waals surface area contributed by atoms with Crippen molar-refractivity contribution in [3.8, 4) is 0 Å². The molecule has 2 rings (SSSR count). The fourth-order valence-electron chi connectivity index (χ4n) is 2.04. The molecule has 0 saturated carbocycles. The third-order valence-corrected chi connectivity index (χ3v) is 2.95. The zero-order chi connectivity index (χ0) is 13.2. The van der Waals surface area contributed by atoms with Crippen LogP contribution in [0.15, 0.2) is 30.1 Å². The summed E-state index contributed by atoms with van der Waals surface area (Å²) in [5.41, 5.74) is -0.785. The average molecular weight is 255 g/mol. The van der Waals surface area contributed by atoms with Crippen molar-refractivity contribution in [3.63, 3.8) is 0 Å². The minimum Gasteiger partial charge on any atom is -0.289 e. The molecule has 0 spiro atoms. The van der Waals surface area contributed by atoms with Crippen LogP contribution in [0.25, 0.3) is 0 Å². The number of carbonyl (C=O) groups excluding carboxylic acids is 1. The number of alkyl halides is 3. The fraction of sp³-hybridized carbons (Fsp3) is 0.385. The molecule has 96 valence electrons. The molecule has 1 aliphatic carbocycles. The van der Waals surface area contributed by atoms with Gasteiger partial charge in [-0.1, -0.05) is 6.08 Å². The zero-order valence-electron chi connectivity index (χ0n) is 9.63. The molecule has 0 N–H and O–H groups in total. The Morgan fingerprint density at radius 3 is 2.67 bits per heavy atom. The second kappa shape index (κ2) is 4.92. The van der Waals surface area contributed by atoms with Gasteiger partial charge in [0.15, 0.2) is 5.78 Å². The lowest BCUT2D eigenvalue weighted by Crippen LogP contribution is -2.15. The smallest absolute Gasteiger partial charge is 0.289 e. The first-order chi connectivity index (χ1) is 8.50. The molecular formula is C13H12F3NO. The molecule has 1 aromatic heterocycles. The highest BCUT2D eigenvalue weighted by Crippen LogP contribution is 2.33. The van der Waals surface area contributed by atoms with Gasteiger partial charge in [0.2, 0.25) is 0 Å². The quantitative estimate of drug-likeness (QED) is 0.753. The molecule has 1 heterocycles. The van der Waals surface area contributed by atoms with Gasteiger partial charge in [0.1, 0.15) is 0 Å². The van der Waals surface area contributed by atoms with Crippen molar-refractivity contribution >= 4 is 5.78 Å². The molecule has 0 fully saturated rings. The standard InChI is InChI=1S/C13H12F3NO/c14-13(15,16)11-6-7-17-8-10(11)12(18)9-4-2-1-3-5-9/h4,6-8H,1-3,5H2. The van der Waals surface area contributed by atoms with E-state index in [1.165, 1.54) is 0 Å². The molecule has 5 heteroatoms. The monoisotopic (exact) mass is 255 g/mol. The van der Waals surface area contributed by atoms with E-state index in [2.05, 4.69) is 4.98 Å². The Hall–Kier alpha value is -1.65. The van der Waals surface area contributed by atoms with Gasteiger partial charge in [0, 0.05) is 12.4 Å². The summed E-state index contributed by atoms with van der Waals surface area (Å²) in [4.78, 5) is 15.7. The summed E-state index contributed by atoms with van der Waals surface area (Å²) in [5.74, 6) is -0.546. The summed E-state index contributed by atoms with van der Waals surface area (Å²) in [6.45, 7) is 0. The van der Waals surface area contributed by atoms with Crippen molar-refractivity contribution in [2.24, 2.45) is 0 Å². The van der Waals surface area contributed by atoms with Crippen LogP contribution in [0.1, 0.15) is 41.6 Å². The molecule has 1 aliphatic rings. The maximum Gasteiger partial charge on any atom is 0.417 e. The van der Waals surface area contributed by atoms with Crippen LogP contribution in [-0.2, 0) is 6.18 Å². The van der Waals surface area contributed by atoms with Crippen molar-refractivity contribution < 1.29 is 18.0 Å². The molecule has 0 radical (unpaired) electrons. The van der Waals surface area contributed by atoms with E-state index in [9.17, 15) is 18.0 Å². The van der Waals surface area contributed by atoms with Gasteiger partial charge < -0.3 is 0 Å². The molecule has 0 saturated heterocycles. The van der Waals surface area contributed by atoms with Crippen LogP contribution in [0.2, 0.25) is 0 Å². The van der Waals surface area contributed by atoms with Crippen LogP contribution in [0.5, 0.6) is 0 Å². The molecule has 18 heavy (non-hydrogen) atoms. The van der Waals surface area contributed by atoms with Crippen LogP contribution in [0, 0.1) is 0 Å². The Labute approximate surface area is 103 Å². The van der Waals surface area contributed by atoms with Gasteiger partial charge in [-0.2, -0.15) is 13.2 Å². The SMILES string of the molecule is O=C(C1=CCCCC1)c1cnccc1C(F)(F)F. The van der Waals surface area contributed by atoms with E-state index < -0.39 is 17.5 Å². The highest BCUT2D eigenvalue weighted by atomic mass is 19.4. The van der Waals surface area contributed by atoms with Crippen LogP contribution in [0.3, 0.4) is 0 Å². The van der Waals surface area contributed by atoms with E-state index in [1.54, 1.807) is 6.08 Å². The summed E-state index contributed by atoms with van der Waals surface area (Å²) in [5, 5.41) is 0. The van der Waals surface area contributed by atoms with Crippen molar-refractivity contribution in [3.05, 3.63) is 41.2 Å². The number of ketones is 1. The Bertz CT molecular complexity index is 491.